The Morgan fingerprint density at radius 2 is 2.18 bits per heavy atom. The Morgan fingerprint density at radius 3 is 2.89 bits per heavy atom. The van der Waals surface area contributed by atoms with Crippen molar-refractivity contribution in [2.45, 2.75) is 33.5 Å². The third-order valence-corrected chi connectivity index (χ3v) is 6.38. The third kappa shape index (κ3) is 4.77. The molecule has 0 saturated heterocycles. The first kappa shape index (κ1) is 20.9. The molecule has 0 atom stereocenters. The molecule has 1 aromatic carbocycles. The molecule has 5 nitrogen and oxygen atoms in total. The number of hydrogen-bond acceptors (Lipinski definition) is 4. The minimum Gasteiger partial charge on any atom is -0.489 e. The van der Waals surface area contributed by atoms with E-state index in [-0.39, 0.29) is 5.91 Å². The maximum absolute atomic E-state index is 12.8. The van der Waals surface area contributed by atoms with Gasteiger partial charge in [-0.3, -0.25) is 9.48 Å². The summed E-state index contributed by atoms with van der Waals surface area (Å²) < 4.78 is 8.61. The highest BCUT2D eigenvalue weighted by molar-refractivity contribution is 9.10. The normalized spacial score (nSPS) is 10.9. The van der Waals surface area contributed by atoms with Crippen molar-refractivity contribution in [2.24, 2.45) is 0 Å². The van der Waals surface area contributed by atoms with Crippen LogP contribution >= 0.6 is 38.9 Å². The standard InChI is InChI=1S/C20H21BrClN3O2S/c1-4-25-18(16(21)9-23-25)10-24(3)20(26)19-8-14(12-28-19)11-27-15-5-6-17(22)13(2)7-15/h5-9,12H,4,10-11H2,1-3H3. The molecule has 3 rings (SSSR count). The maximum atomic E-state index is 12.8. The van der Waals surface area contributed by atoms with E-state index in [1.54, 1.807) is 18.1 Å². The van der Waals surface area contributed by atoms with Crippen LogP contribution in [0.5, 0.6) is 5.75 Å². The average molecular weight is 483 g/mol. The van der Waals surface area contributed by atoms with Gasteiger partial charge < -0.3 is 9.64 Å². The number of aromatic nitrogens is 2. The molecule has 0 saturated carbocycles. The summed E-state index contributed by atoms with van der Waals surface area (Å²) in [4.78, 5) is 15.2. The molecule has 0 fully saturated rings. The van der Waals surface area contributed by atoms with Gasteiger partial charge in [0.15, 0.2) is 0 Å². The lowest BCUT2D eigenvalue weighted by Crippen LogP contribution is -2.27. The van der Waals surface area contributed by atoms with Crippen molar-refractivity contribution in [1.82, 2.24) is 14.7 Å². The van der Waals surface area contributed by atoms with Gasteiger partial charge in [-0.05, 0) is 65.0 Å². The molecule has 0 spiro atoms. The number of nitrogens with zero attached hydrogens (tertiary/aromatic N) is 3. The molecule has 2 heterocycles. The van der Waals surface area contributed by atoms with Crippen molar-refractivity contribution in [3.63, 3.8) is 0 Å². The van der Waals surface area contributed by atoms with E-state index >= 15 is 0 Å². The van der Waals surface area contributed by atoms with E-state index in [4.69, 9.17) is 16.3 Å². The Kier molecular flexibility index (Phi) is 6.80. The molecule has 0 aliphatic rings. The van der Waals surface area contributed by atoms with E-state index in [0.717, 1.165) is 38.6 Å². The van der Waals surface area contributed by atoms with Crippen molar-refractivity contribution >= 4 is 44.8 Å². The van der Waals surface area contributed by atoms with Gasteiger partial charge in [0.1, 0.15) is 12.4 Å². The van der Waals surface area contributed by atoms with E-state index in [2.05, 4.69) is 21.0 Å². The highest BCUT2D eigenvalue weighted by Crippen LogP contribution is 2.24. The second kappa shape index (κ2) is 9.11. The predicted molar refractivity (Wildman–Crippen MR) is 116 cm³/mol. The van der Waals surface area contributed by atoms with Crippen LogP contribution in [0.3, 0.4) is 0 Å². The number of halogens is 2. The molecular formula is C20H21BrClN3O2S. The van der Waals surface area contributed by atoms with Crippen LogP contribution in [0.2, 0.25) is 5.02 Å². The molecule has 148 valence electrons. The van der Waals surface area contributed by atoms with Crippen LogP contribution in [0.25, 0.3) is 0 Å². The Labute approximate surface area is 182 Å². The lowest BCUT2D eigenvalue weighted by Gasteiger charge is -2.17. The molecule has 0 bridgehead atoms. The van der Waals surface area contributed by atoms with Gasteiger partial charge in [-0.15, -0.1) is 11.3 Å². The minimum absolute atomic E-state index is 0.0191. The summed E-state index contributed by atoms with van der Waals surface area (Å²) in [6, 6.07) is 7.46. The molecule has 1 amide bonds. The highest BCUT2D eigenvalue weighted by atomic mass is 79.9. The zero-order chi connectivity index (χ0) is 20.3. The highest BCUT2D eigenvalue weighted by Gasteiger charge is 2.18. The van der Waals surface area contributed by atoms with Gasteiger partial charge in [0.05, 0.1) is 27.8 Å². The number of hydrogen-bond donors (Lipinski definition) is 0. The van der Waals surface area contributed by atoms with E-state index in [1.807, 2.05) is 48.2 Å². The molecule has 3 aromatic rings. The molecule has 8 heteroatoms. The van der Waals surface area contributed by atoms with Crippen molar-refractivity contribution in [1.29, 1.82) is 0 Å². The number of carbonyl (C=O) groups excluding carboxylic acids is 1. The molecule has 0 radical (unpaired) electrons. The summed E-state index contributed by atoms with van der Waals surface area (Å²) in [5, 5.41) is 6.97. The monoisotopic (exact) mass is 481 g/mol. The summed E-state index contributed by atoms with van der Waals surface area (Å²) in [5.74, 6) is 0.741. The lowest BCUT2D eigenvalue weighted by atomic mass is 10.2. The molecule has 2 aromatic heterocycles. The fourth-order valence-electron chi connectivity index (χ4n) is 2.74. The van der Waals surface area contributed by atoms with Gasteiger partial charge in [0, 0.05) is 24.2 Å². The largest absolute Gasteiger partial charge is 0.489 e. The maximum Gasteiger partial charge on any atom is 0.264 e. The molecule has 0 aliphatic heterocycles. The first-order valence-corrected chi connectivity index (χ1v) is 10.9. The second-order valence-electron chi connectivity index (χ2n) is 6.44. The summed E-state index contributed by atoms with van der Waals surface area (Å²) in [6.07, 6.45) is 1.76. The number of carbonyl (C=O) groups is 1. The van der Waals surface area contributed by atoms with Gasteiger partial charge >= 0.3 is 0 Å². The zero-order valence-corrected chi connectivity index (χ0v) is 19.1. The van der Waals surface area contributed by atoms with Crippen molar-refractivity contribution in [3.8, 4) is 5.75 Å². The third-order valence-electron chi connectivity index (χ3n) is 4.33. The fraction of sp³-hybridized carbons (Fsp3) is 0.300. The van der Waals surface area contributed by atoms with E-state index < -0.39 is 0 Å². The van der Waals surface area contributed by atoms with Crippen LogP contribution in [0.1, 0.15) is 33.4 Å². The summed E-state index contributed by atoms with van der Waals surface area (Å²) in [6.45, 7) is 5.62. The average Bonchev–Trinajstić information content (AvgIpc) is 3.29. The first-order chi connectivity index (χ1) is 13.4. The number of aryl methyl sites for hydroxylation is 2. The Hall–Kier alpha value is -1.83. The van der Waals surface area contributed by atoms with Crippen molar-refractivity contribution in [3.05, 3.63) is 67.0 Å². The minimum atomic E-state index is -0.0191. The summed E-state index contributed by atoms with van der Waals surface area (Å²) in [7, 11) is 1.80. The number of amides is 1. The second-order valence-corrected chi connectivity index (χ2v) is 8.61. The van der Waals surface area contributed by atoms with Crippen LogP contribution < -0.4 is 4.74 Å². The Morgan fingerprint density at radius 1 is 1.39 bits per heavy atom. The van der Waals surface area contributed by atoms with E-state index in [9.17, 15) is 4.79 Å². The van der Waals surface area contributed by atoms with Crippen LogP contribution in [0, 0.1) is 6.92 Å². The Balaban J connectivity index is 1.63. The number of benzene rings is 1. The van der Waals surface area contributed by atoms with Gasteiger partial charge in [-0.25, -0.2) is 0 Å². The topological polar surface area (TPSA) is 47.4 Å². The molecular weight excluding hydrogens is 462 g/mol. The van der Waals surface area contributed by atoms with Crippen LogP contribution in [0.15, 0.2) is 40.3 Å². The van der Waals surface area contributed by atoms with Gasteiger partial charge in [-0.2, -0.15) is 5.10 Å². The van der Waals surface area contributed by atoms with Gasteiger partial charge in [0.2, 0.25) is 0 Å². The first-order valence-electron chi connectivity index (χ1n) is 8.81. The van der Waals surface area contributed by atoms with E-state index in [1.165, 1.54) is 11.3 Å². The predicted octanol–water partition coefficient (Wildman–Crippen LogP) is 5.54. The molecule has 28 heavy (non-hydrogen) atoms. The summed E-state index contributed by atoms with van der Waals surface area (Å²) in [5.41, 5.74) is 2.92. The van der Waals surface area contributed by atoms with Crippen LogP contribution in [-0.4, -0.2) is 27.6 Å². The smallest absolute Gasteiger partial charge is 0.264 e. The number of ether oxygens (including phenoxy) is 1. The number of thiophene rings is 1. The molecule has 0 unspecified atom stereocenters. The van der Waals surface area contributed by atoms with Gasteiger partial charge in [0.25, 0.3) is 5.91 Å². The van der Waals surface area contributed by atoms with Gasteiger partial charge in [-0.1, -0.05) is 11.6 Å². The van der Waals surface area contributed by atoms with Crippen molar-refractivity contribution < 1.29 is 9.53 Å². The quantitative estimate of drug-likeness (QED) is 0.444. The molecule has 0 N–H and O–H groups in total. The molecule has 0 aliphatic carbocycles. The van der Waals surface area contributed by atoms with E-state index in [0.29, 0.717) is 18.0 Å². The van der Waals surface area contributed by atoms with Crippen LogP contribution in [0.4, 0.5) is 0 Å². The summed E-state index contributed by atoms with van der Waals surface area (Å²) >= 11 is 11.0. The Bertz CT molecular complexity index is 986. The zero-order valence-electron chi connectivity index (χ0n) is 15.9. The van der Waals surface area contributed by atoms with Crippen molar-refractivity contribution in [2.75, 3.05) is 7.05 Å². The SMILES string of the molecule is CCn1ncc(Br)c1CN(C)C(=O)c1cc(COc2ccc(Cl)c(C)c2)cs1. The fourth-order valence-corrected chi connectivity index (χ4v) is 4.17. The van der Waals surface area contributed by atoms with Crippen LogP contribution in [-0.2, 0) is 19.7 Å². The number of rotatable bonds is 7. The lowest BCUT2D eigenvalue weighted by molar-refractivity contribution is 0.0786.